The smallest absolute Gasteiger partial charge is 0.237 e. The van der Waals surface area contributed by atoms with Crippen LogP contribution in [0.1, 0.15) is 33.1 Å². The maximum Gasteiger partial charge on any atom is 0.237 e. The van der Waals surface area contributed by atoms with Crippen LogP contribution in [0.4, 0.5) is 0 Å². The van der Waals surface area contributed by atoms with Crippen molar-refractivity contribution < 1.29 is 24.9 Å². The Bertz CT molecular complexity index is 498. The molecule has 2 heterocycles. The van der Waals surface area contributed by atoms with Crippen LogP contribution < -0.4 is 5.32 Å². The lowest BCUT2D eigenvalue weighted by molar-refractivity contribution is -0.205. The molecular weight excluding hydrogens is 392 g/mol. The fourth-order valence-corrected chi connectivity index (χ4v) is 5.00. The Labute approximate surface area is 170 Å². The van der Waals surface area contributed by atoms with Gasteiger partial charge in [-0.15, -0.1) is 23.4 Å². The normalized spacial score (nSPS) is 39.9. The van der Waals surface area contributed by atoms with Crippen LogP contribution in [-0.4, -0.2) is 93.3 Å². The molecule has 0 bridgehead atoms. The number of nitrogens with one attached hydrogen (secondary N) is 1. The van der Waals surface area contributed by atoms with Crippen LogP contribution in [0.3, 0.4) is 0 Å². The van der Waals surface area contributed by atoms with Crippen LogP contribution in [0.25, 0.3) is 0 Å². The number of aliphatic hydroxyl groups is 3. The monoisotopic (exact) mass is 424 g/mol. The molecule has 9 heteroatoms. The van der Waals surface area contributed by atoms with Crippen molar-refractivity contribution in [3.05, 3.63) is 0 Å². The van der Waals surface area contributed by atoms with Gasteiger partial charge < -0.3 is 25.4 Å². The Hall–Kier alpha value is -0.0900. The average Bonchev–Trinajstić information content (AvgIpc) is 2.99. The van der Waals surface area contributed by atoms with Crippen LogP contribution in [-0.2, 0) is 9.53 Å². The summed E-state index contributed by atoms with van der Waals surface area (Å²) in [7, 11) is 1.94. The lowest BCUT2D eigenvalue weighted by Crippen LogP contribution is -2.65. The molecule has 2 aliphatic rings. The highest BCUT2D eigenvalue weighted by Gasteiger charge is 2.48. The second-order valence-corrected chi connectivity index (χ2v) is 9.36. The standard InChI is InChI=1S/C18H33ClN2O5S/c1-5-6-10-7-11(21(3)8-10)17(25)20-12(9(2)19)16-14(23)13(22)15(24)18(26-16)27-4/h9-16,18,22-24H,5-8H2,1-4H3,(H,20,25)/t9-,10+,11-,12+,13-,14-,15+,16+,18+/m0/s1. The molecule has 7 nitrogen and oxygen atoms in total. The lowest BCUT2D eigenvalue weighted by atomic mass is 9.92. The van der Waals surface area contributed by atoms with E-state index in [0.717, 1.165) is 25.8 Å². The number of alkyl halides is 1. The van der Waals surface area contributed by atoms with Gasteiger partial charge in [0, 0.05) is 6.54 Å². The summed E-state index contributed by atoms with van der Waals surface area (Å²) >= 11 is 7.55. The number of amides is 1. The largest absolute Gasteiger partial charge is 0.388 e. The van der Waals surface area contributed by atoms with Gasteiger partial charge in [-0.3, -0.25) is 9.69 Å². The number of halogens is 1. The molecule has 0 aromatic heterocycles. The third-order valence-electron chi connectivity index (χ3n) is 5.63. The van der Waals surface area contributed by atoms with Crippen molar-refractivity contribution in [1.29, 1.82) is 0 Å². The summed E-state index contributed by atoms with van der Waals surface area (Å²) in [5.41, 5.74) is -0.702. The number of aliphatic hydroxyl groups excluding tert-OH is 3. The maximum absolute atomic E-state index is 12.9. The predicted octanol–water partition coefficient (Wildman–Crippen LogP) is 0.390. The van der Waals surface area contributed by atoms with Crippen molar-refractivity contribution >= 4 is 29.3 Å². The van der Waals surface area contributed by atoms with Gasteiger partial charge in [-0.1, -0.05) is 13.3 Å². The SMILES string of the molecule is CCC[C@@H]1C[C@@H](C(=O)N[C@@H]([C@H]2O[C@H](SC)[C@H](O)[C@@H](O)[C@@H]2O)[C@H](C)Cl)N(C)C1. The van der Waals surface area contributed by atoms with E-state index < -0.39 is 41.3 Å². The fraction of sp³-hybridized carbons (Fsp3) is 0.944. The molecule has 27 heavy (non-hydrogen) atoms. The summed E-state index contributed by atoms with van der Waals surface area (Å²) in [6.45, 7) is 4.74. The molecule has 2 saturated heterocycles. The number of rotatable bonds is 7. The minimum atomic E-state index is -1.36. The van der Waals surface area contributed by atoms with E-state index in [1.165, 1.54) is 11.8 Å². The molecule has 0 aromatic carbocycles. The van der Waals surface area contributed by atoms with Gasteiger partial charge in [-0.2, -0.15) is 0 Å². The van der Waals surface area contributed by atoms with Crippen LogP contribution >= 0.6 is 23.4 Å². The second kappa shape index (κ2) is 10.1. The lowest BCUT2D eigenvalue weighted by Gasteiger charge is -2.44. The molecule has 0 radical (unpaired) electrons. The second-order valence-electron chi connectivity index (χ2n) is 7.73. The highest BCUT2D eigenvalue weighted by Crippen LogP contribution is 2.31. The number of carbonyl (C=O) groups is 1. The van der Waals surface area contributed by atoms with Gasteiger partial charge in [0.1, 0.15) is 29.9 Å². The number of ether oxygens (including phenoxy) is 1. The van der Waals surface area contributed by atoms with E-state index in [9.17, 15) is 20.1 Å². The van der Waals surface area contributed by atoms with Gasteiger partial charge in [0.15, 0.2) is 0 Å². The van der Waals surface area contributed by atoms with E-state index in [1.807, 2.05) is 11.9 Å². The van der Waals surface area contributed by atoms with Crippen LogP contribution in [0, 0.1) is 5.92 Å². The Kier molecular flexibility index (Phi) is 8.67. The third kappa shape index (κ3) is 5.29. The molecule has 9 atom stereocenters. The first kappa shape index (κ1) is 23.2. The predicted molar refractivity (Wildman–Crippen MR) is 107 cm³/mol. The van der Waals surface area contributed by atoms with Gasteiger partial charge in [-0.25, -0.2) is 0 Å². The van der Waals surface area contributed by atoms with Crippen LogP contribution in [0.5, 0.6) is 0 Å². The molecule has 0 unspecified atom stereocenters. The first-order valence-electron chi connectivity index (χ1n) is 9.58. The van der Waals surface area contributed by atoms with E-state index >= 15 is 0 Å². The van der Waals surface area contributed by atoms with Gasteiger partial charge in [-0.05, 0) is 39.0 Å². The zero-order valence-electron chi connectivity index (χ0n) is 16.4. The number of nitrogens with zero attached hydrogens (tertiary/aromatic N) is 1. The van der Waals surface area contributed by atoms with Gasteiger partial charge in [0.25, 0.3) is 0 Å². The van der Waals surface area contributed by atoms with Gasteiger partial charge in [0.2, 0.25) is 5.91 Å². The Morgan fingerprint density at radius 2 is 2.00 bits per heavy atom. The Morgan fingerprint density at radius 3 is 2.56 bits per heavy atom. The van der Waals surface area contributed by atoms with Gasteiger partial charge >= 0.3 is 0 Å². The number of hydrogen-bond donors (Lipinski definition) is 4. The van der Waals surface area contributed by atoms with Crippen molar-refractivity contribution in [3.63, 3.8) is 0 Å². The van der Waals surface area contributed by atoms with E-state index in [-0.39, 0.29) is 11.9 Å². The van der Waals surface area contributed by atoms with Crippen molar-refractivity contribution in [3.8, 4) is 0 Å². The maximum atomic E-state index is 12.9. The molecule has 2 fully saturated rings. The average molecular weight is 425 g/mol. The van der Waals surface area contributed by atoms with Crippen LogP contribution in [0.15, 0.2) is 0 Å². The molecule has 158 valence electrons. The zero-order chi connectivity index (χ0) is 20.3. The summed E-state index contributed by atoms with van der Waals surface area (Å²) in [6.07, 6.45) is -0.0980. The molecule has 1 amide bonds. The number of thioether (sulfide) groups is 1. The van der Waals surface area contributed by atoms with Crippen molar-refractivity contribution in [2.75, 3.05) is 19.8 Å². The van der Waals surface area contributed by atoms with E-state index in [4.69, 9.17) is 16.3 Å². The zero-order valence-corrected chi connectivity index (χ0v) is 18.0. The third-order valence-corrected chi connectivity index (χ3v) is 6.76. The Balaban J connectivity index is 2.09. The first-order chi connectivity index (χ1) is 12.7. The summed E-state index contributed by atoms with van der Waals surface area (Å²) in [5.74, 6) is 0.350. The number of likely N-dealkylation sites (N-methyl/N-ethyl adjacent to an activating group) is 1. The highest BCUT2D eigenvalue weighted by atomic mass is 35.5. The highest BCUT2D eigenvalue weighted by molar-refractivity contribution is 7.99. The van der Waals surface area contributed by atoms with E-state index in [2.05, 4.69) is 12.2 Å². The quantitative estimate of drug-likeness (QED) is 0.438. The van der Waals surface area contributed by atoms with Crippen molar-refractivity contribution in [1.82, 2.24) is 10.2 Å². The van der Waals surface area contributed by atoms with Crippen molar-refractivity contribution in [2.45, 2.75) is 80.4 Å². The molecule has 0 aliphatic carbocycles. The minimum absolute atomic E-state index is 0.147. The van der Waals surface area contributed by atoms with Crippen molar-refractivity contribution in [2.24, 2.45) is 5.92 Å². The summed E-state index contributed by atoms with van der Waals surface area (Å²) in [5, 5.41) is 33.0. The topological polar surface area (TPSA) is 102 Å². The fourth-order valence-electron chi connectivity index (χ4n) is 4.11. The molecule has 2 aliphatic heterocycles. The first-order valence-corrected chi connectivity index (χ1v) is 11.3. The molecule has 0 aromatic rings. The number of carbonyl (C=O) groups excluding carboxylic acids is 1. The molecule has 2 rings (SSSR count). The van der Waals surface area contributed by atoms with Crippen LogP contribution in [0.2, 0.25) is 0 Å². The van der Waals surface area contributed by atoms with Gasteiger partial charge in [0.05, 0.1) is 17.5 Å². The van der Waals surface area contributed by atoms with E-state index in [0.29, 0.717) is 5.92 Å². The van der Waals surface area contributed by atoms with E-state index in [1.54, 1.807) is 13.2 Å². The molecule has 0 spiro atoms. The Morgan fingerprint density at radius 1 is 1.33 bits per heavy atom. The number of likely N-dealkylation sites (tertiary alicyclic amines) is 1. The summed E-state index contributed by atoms with van der Waals surface area (Å²) < 4.78 is 5.79. The summed E-state index contributed by atoms with van der Waals surface area (Å²) in [4.78, 5) is 14.9. The summed E-state index contributed by atoms with van der Waals surface area (Å²) in [6, 6.07) is -0.934. The molecular formula is C18H33ClN2O5S. The molecule has 0 saturated carbocycles. The molecule has 4 N–H and O–H groups in total. The number of hydrogen-bond acceptors (Lipinski definition) is 7. The minimum Gasteiger partial charge on any atom is -0.388 e.